The number of carboxylic acids is 1. The summed E-state index contributed by atoms with van der Waals surface area (Å²) in [7, 11) is 0. The Hall–Kier alpha value is -1.10. The molecule has 19 heavy (non-hydrogen) atoms. The lowest BCUT2D eigenvalue weighted by Gasteiger charge is -2.38. The first-order valence-corrected chi connectivity index (χ1v) is 7.29. The Labute approximate surface area is 113 Å². The summed E-state index contributed by atoms with van der Waals surface area (Å²) in [5.41, 5.74) is -0.341. The second kappa shape index (κ2) is 4.47. The van der Waals surface area contributed by atoms with Gasteiger partial charge in [-0.3, -0.25) is 9.59 Å². The highest BCUT2D eigenvalue weighted by molar-refractivity contribution is 5.85. The fourth-order valence-corrected chi connectivity index (χ4v) is 4.12. The Morgan fingerprint density at radius 3 is 2.74 bits per heavy atom. The Balaban J connectivity index is 1.79. The second-order valence-electron chi connectivity index (χ2n) is 6.53. The van der Waals surface area contributed by atoms with Gasteiger partial charge in [0.2, 0.25) is 5.91 Å². The molecule has 3 saturated heterocycles. The zero-order valence-electron chi connectivity index (χ0n) is 11.4. The third-order valence-electron chi connectivity index (χ3n) is 5.20. The average molecular weight is 266 g/mol. The van der Waals surface area contributed by atoms with Gasteiger partial charge in [0.1, 0.15) is 0 Å². The molecule has 0 spiro atoms. The first kappa shape index (κ1) is 12.9. The summed E-state index contributed by atoms with van der Waals surface area (Å²) in [5, 5.41) is 12.6. The van der Waals surface area contributed by atoms with Crippen LogP contribution in [0.25, 0.3) is 0 Å². The van der Waals surface area contributed by atoms with E-state index < -0.39 is 5.97 Å². The molecule has 3 aliphatic heterocycles. The molecule has 3 rings (SSSR count). The fraction of sp³-hybridized carbons (Fsp3) is 0.857. The van der Waals surface area contributed by atoms with Crippen LogP contribution in [0.3, 0.4) is 0 Å². The Morgan fingerprint density at radius 1 is 1.37 bits per heavy atom. The number of amides is 1. The third kappa shape index (κ3) is 1.95. The molecule has 106 valence electrons. The highest BCUT2D eigenvalue weighted by Crippen LogP contribution is 2.44. The summed E-state index contributed by atoms with van der Waals surface area (Å²) in [6.07, 6.45) is 4.41. The van der Waals surface area contributed by atoms with Crippen LogP contribution >= 0.6 is 0 Å². The number of hydrogen-bond donors (Lipinski definition) is 2. The molecule has 3 fully saturated rings. The summed E-state index contributed by atoms with van der Waals surface area (Å²) < 4.78 is 0. The van der Waals surface area contributed by atoms with Crippen LogP contribution in [0.1, 0.15) is 39.0 Å². The zero-order chi connectivity index (χ0) is 13.6. The number of nitrogens with one attached hydrogen (secondary N) is 1. The molecule has 0 aromatic carbocycles. The van der Waals surface area contributed by atoms with E-state index in [2.05, 4.69) is 5.32 Å². The van der Waals surface area contributed by atoms with Crippen molar-refractivity contribution < 1.29 is 14.7 Å². The number of nitrogens with zero attached hydrogens (tertiary/aromatic N) is 1. The van der Waals surface area contributed by atoms with Gasteiger partial charge in [-0.2, -0.15) is 0 Å². The first-order valence-electron chi connectivity index (χ1n) is 7.29. The molecule has 2 bridgehead atoms. The number of carboxylic acid groups (broad SMARTS) is 1. The normalized spacial score (nSPS) is 41.5. The number of piperidine rings is 1. The van der Waals surface area contributed by atoms with Crippen LogP contribution in [-0.2, 0) is 9.59 Å². The quantitative estimate of drug-likeness (QED) is 0.777. The van der Waals surface area contributed by atoms with Gasteiger partial charge in [0.05, 0.1) is 11.3 Å². The van der Waals surface area contributed by atoms with E-state index in [0.717, 1.165) is 38.8 Å². The predicted octanol–water partition coefficient (Wildman–Crippen LogP) is 0.840. The molecule has 5 heteroatoms. The molecule has 4 atom stereocenters. The monoisotopic (exact) mass is 266 g/mol. The Bertz CT molecular complexity index is 403. The van der Waals surface area contributed by atoms with E-state index in [1.165, 1.54) is 0 Å². The van der Waals surface area contributed by atoms with Crippen LogP contribution in [0.5, 0.6) is 0 Å². The lowest BCUT2D eigenvalue weighted by Crippen LogP contribution is -2.52. The van der Waals surface area contributed by atoms with Crippen molar-refractivity contribution in [2.45, 2.75) is 51.1 Å². The maximum absolute atomic E-state index is 12.8. The SMILES string of the molecule is CC1(C(=O)N2C3CCC2C(C(=O)O)C3)CCCNC1. The Kier molecular flexibility index (Phi) is 3.04. The summed E-state index contributed by atoms with van der Waals surface area (Å²) >= 11 is 0. The largest absolute Gasteiger partial charge is 0.481 e. The fourth-order valence-electron chi connectivity index (χ4n) is 4.12. The molecular formula is C14H22N2O3. The van der Waals surface area contributed by atoms with E-state index >= 15 is 0 Å². The molecule has 0 saturated carbocycles. The Morgan fingerprint density at radius 2 is 2.16 bits per heavy atom. The van der Waals surface area contributed by atoms with Gasteiger partial charge in [-0.15, -0.1) is 0 Å². The van der Waals surface area contributed by atoms with Crippen LogP contribution in [0.2, 0.25) is 0 Å². The number of aliphatic carboxylic acids is 1. The lowest BCUT2D eigenvalue weighted by atomic mass is 9.81. The predicted molar refractivity (Wildman–Crippen MR) is 69.6 cm³/mol. The number of rotatable bonds is 2. The minimum Gasteiger partial charge on any atom is -0.481 e. The molecule has 0 aliphatic carbocycles. The van der Waals surface area contributed by atoms with Crippen LogP contribution < -0.4 is 5.32 Å². The van der Waals surface area contributed by atoms with E-state index in [4.69, 9.17) is 0 Å². The van der Waals surface area contributed by atoms with E-state index in [1.807, 2.05) is 11.8 Å². The smallest absolute Gasteiger partial charge is 0.308 e. The van der Waals surface area contributed by atoms with E-state index in [0.29, 0.717) is 6.42 Å². The summed E-state index contributed by atoms with van der Waals surface area (Å²) in [5.74, 6) is -0.907. The summed E-state index contributed by atoms with van der Waals surface area (Å²) in [6, 6.07) is 0.103. The number of carbonyl (C=O) groups excluding carboxylic acids is 1. The van der Waals surface area contributed by atoms with Gasteiger partial charge in [0.25, 0.3) is 0 Å². The van der Waals surface area contributed by atoms with Crippen molar-refractivity contribution in [3.05, 3.63) is 0 Å². The first-order chi connectivity index (χ1) is 9.03. The van der Waals surface area contributed by atoms with E-state index in [-0.39, 0.29) is 29.3 Å². The van der Waals surface area contributed by atoms with Crippen molar-refractivity contribution >= 4 is 11.9 Å². The molecule has 4 unspecified atom stereocenters. The average Bonchev–Trinajstić information content (AvgIpc) is 2.96. The third-order valence-corrected chi connectivity index (χ3v) is 5.20. The molecule has 3 aliphatic rings. The molecule has 5 nitrogen and oxygen atoms in total. The molecule has 0 aromatic heterocycles. The molecular weight excluding hydrogens is 244 g/mol. The summed E-state index contributed by atoms with van der Waals surface area (Å²) in [4.78, 5) is 26.0. The van der Waals surface area contributed by atoms with Crippen molar-refractivity contribution in [2.75, 3.05) is 13.1 Å². The lowest BCUT2D eigenvalue weighted by molar-refractivity contribution is -0.146. The second-order valence-corrected chi connectivity index (χ2v) is 6.53. The van der Waals surface area contributed by atoms with E-state index in [9.17, 15) is 14.7 Å². The van der Waals surface area contributed by atoms with Gasteiger partial charge in [-0.1, -0.05) is 0 Å². The van der Waals surface area contributed by atoms with Gasteiger partial charge in [-0.05, 0) is 45.6 Å². The maximum atomic E-state index is 12.8. The molecule has 3 heterocycles. The van der Waals surface area contributed by atoms with Crippen LogP contribution in [0.4, 0.5) is 0 Å². The van der Waals surface area contributed by atoms with Gasteiger partial charge in [0, 0.05) is 18.6 Å². The van der Waals surface area contributed by atoms with Gasteiger partial charge in [-0.25, -0.2) is 0 Å². The number of fused-ring (bicyclic) bond motifs is 2. The number of carbonyl (C=O) groups is 2. The van der Waals surface area contributed by atoms with Crippen LogP contribution in [0.15, 0.2) is 0 Å². The van der Waals surface area contributed by atoms with Crippen LogP contribution in [0, 0.1) is 11.3 Å². The standard InChI is InChI=1S/C14H22N2O3/c1-14(5-2-6-15-8-14)13(19)16-9-3-4-11(16)10(7-9)12(17)18/h9-11,15H,2-8H2,1H3,(H,17,18). The highest BCUT2D eigenvalue weighted by Gasteiger charge is 2.54. The minimum absolute atomic E-state index is 0.0613. The van der Waals surface area contributed by atoms with E-state index in [1.54, 1.807) is 0 Å². The maximum Gasteiger partial charge on any atom is 0.308 e. The topological polar surface area (TPSA) is 69.6 Å². The molecule has 1 amide bonds. The summed E-state index contributed by atoms with van der Waals surface area (Å²) in [6.45, 7) is 3.72. The minimum atomic E-state index is -0.739. The van der Waals surface area contributed by atoms with Gasteiger partial charge >= 0.3 is 5.97 Å². The molecule has 2 N–H and O–H groups in total. The zero-order valence-corrected chi connectivity index (χ0v) is 11.4. The van der Waals surface area contributed by atoms with Crippen molar-refractivity contribution in [1.29, 1.82) is 0 Å². The van der Waals surface area contributed by atoms with Crippen molar-refractivity contribution in [1.82, 2.24) is 10.2 Å². The molecule has 0 aromatic rings. The molecule has 0 radical (unpaired) electrons. The highest BCUT2D eigenvalue weighted by atomic mass is 16.4. The van der Waals surface area contributed by atoms with Gasteiger partial charge < -0.3 is 15.3 Å². The number of hydrogen-bond acceptors (Lipinski definition) is 3. The van der Waals surface area contributed by atoms with Crippen molar-refractivity contribution in [2.24, 2.45) is 11.3 Å². The van der Waals surface area contributed by atoms with Crippen LogP contribution in [-0.4, -0.2) is 47.1 Å². The van der Waals surface area contributed by atoms with Crippen molar-refractivity contribution in [3.8, 4) is 0 Å². The van der Waals surface area contributed by atoms with Crippen molar-refractivity contribution in [3.63, 3.8) is 0 Å². The van der Waals surface area contributed by atoms with Gasteiger partial charge in [0.15, 0.2) is 0 Å².